The number of hydrogen-bond donors (Lipinski definition) is 1. The first-order chi connectivity index (χ1) is 16.9. The van der Waals surface area contributed by atoms with E-state index >= 15 is 0 Å². The number of ketones is 1. The Labute approximate surface area is 213 Å². The van der Waals surface area contributed by atoms with Crippen LogP contribution in [-0.4, -0.2) is 23.9 Å². The van der Waals surface area contributed by atoms with Gasteiger partial charge in [-0.2, -0.15) is 0 Å². The van der Waals surface area contributed by atoms with Gasteiger partial charge in [-0.3, -0.25) is 14.5 Å². The number of aliphatic hydroxyl groups excluding tert-OH is 1. The summed E-state index contributed by atoms with van der Waals surface area (Å²) in [5, 5.41) is 11.7. The van der Waals surface area contributed by atoms with Gasteiger partial charge in [0, 0.05) is 11.3 Å². The molecule has 1 saturated heterocycles. The molecule has 0 spiro atoms. The highest BCUT2D eigenvalue weighted by atomic mass is 16.5. The zero-order valence-corrected chi connectivity index (χ0v) is 22.0. The number of hydrogen-bond acceptors (Lipinski definition) is 4. The minimum absolute atomic E-state index is 0.0835. The molecule has 186 valence electrons. The molecule has 3 aromatic rings. The molecular weight excluding hydrogens is 450 g/mol. The van der Waals surface area contributed by atoms with Crippen molar-refractivity contribution in [3.8, 4) is 5.75 Å². The lowest BCUT2D eigenvalue weighted by Crippen LogP contribution is -2.30. The molecule has 0 aromatic heterocycles. The van der Waals surface area contributed by atoms with Gasteiger partial charge >= 0.3 is 0 Å². The number of nitrogens with zero attached hydrogens (tertiary/aromatic N) is 1. The summed E-state index contributed by atoms with van der Waals surface area (Å²) in [4.78, 5) is 28.6. The first-order valence-corrected chi connectivity index (χ1v) is 12.1. The molecule has 5 heteroatoms. The van der Waals surface area contributed by atoms with Gasteiger partial charge in [-0.1, -0.05) is 57.2 Å². The SMILES string of the molecule is COc1ccc(C2/C(=C(\O)c3cc(C(C)(C)C)ccc3C)C(=O)C(=O)N2c2cc(C)ccc2C)cc1. The maximum Gasteiger partial charge on any atom is 0.300 e. The summed E-state index contributed by atoms with van der Waals surface area (Å²) < 4.78 is 5.32. The van der Waals surface area contributed by atoms with Crippen LogP contribution in [0.2, 0.25) is 0 Å². The van der Waals surface area contributed by atoms with Gasteiger partial charge in [0.1, 0.15) is 11.5 Å². The molecule has 1 unspecified atom stereocenters. The molecule has 0 saturated carbocycles. The molecule has 1 aliphatic heterocycles. The molecule has 0 radical (unpaired) electrons. The third-order valence-corrected chi connectivity index (χ3v) is 6.86. The molecule has 1 aliphatic rings. The highest BCUT2D eigenvalue weighted by molar-refractivity contribution is 6.51. The number of amides is 1. The highest BCUT2D eigenvalue weighted by Gasteiger charge is 2.47. The number of Topliss-reactive ketones (excluding diaryl/α,β-unsaturated/α-hetero) is 1. The Morgan fingerprint density at radius 2 is 1.53 bits per heavy atom. The third-order valence-electron chi connectivity index (χ3n) is 6.86. The predicted molar refractivity (Wildman–Crippen MR) is 144 cm³/mol. The van der Waals surface area contributed by atoms with Gasteiger partial charge in [-0.05, 0) is 78.3 Å². The van der Waals surface area contributed by atoms with Crippen molar-refractivity contribution in [1.29, 1.82) is 0 Å². The predicted octanol–water partition coefficient (Wildman–Crippen LogP) is 6.54. The lowest BCUT2D eigenvalue weighted by Gasteiger charge is -2.27. The summed E-state index contributed by atoms with van der Waals surface area (Å²) in [5.74, 6) is -0.854. The van der Waals surface area contributed by atoms with Gasteiger partial charge in [-0.15, -0.1) is 0 Å². The zero-order valence-electron chi connectivity index (χ0n) is 22.0. The van der Waals surface area contributed by atoms with E-state index in [0.29, 0.717) is 22.6 Å². The number of aliphatic hydroxyl groups is 1. The Morgan fingerprint density at radius 3 is 2.14 bits per heavy atom. The standard InChI is InChI=1S/C31H33NO4/c1-18-8-9-20(3)25(16-18)32-27(21-11-14-23(36-7)15-12-21)26(29(34)30(32)35)28(33)24-17-22(31(4,5)6)13-10-19(24)2/h8-17,27,33H,1-7H3/b28-26+. The molecule has 1 atom stereocenters. The van der Waals surface area contributed by atoms with Crippen molar-refractivity contribution in [3.63, 3.8) is 0 Å². The van der Waals surface area contributed by atoms with Crippen molar-refractivity contribution in [2.75, 3.05) is 12.0 Å². The summed E-state index contributed by atoms with van der Waals surface area (Å²) in [6.45, 7) is 12.0. The van der Waals surface area contributed by atoms with E-state index in [4.69, 9.17) is 4.74 Å². The number of ether oxygens (including phenoxy) is 1. The number of carbonyl (C=O) groups is 2. The molecule has 1 heterocycles. The number of benzene rings is 3. The lowest BCUT2D eigenvalue weighted by molar-refractivity contribution is -0.132. The van der Waals surface area contributed by atoms with Gasteiger partial charge < -0.3 is 9.84 Å². The van der Waals surface area contributed by atoms with E-state index < -0.39 is 17.7 Å². The van der Waals surface area contributed by atoms with Crippen LogP contribution in [0, 0.1) is 20.8 Å². The van der Waals surface area contributed by atoms with E-state index in [1.807, 2.05) is 69.3 Å². The smallest absolute Gasteiger partial charge is 0.300 e. The maximum atomic E-state index is 13.6. The Morgan fingerprint density at radius 1 is 0.889 bits per heavy atom. The van der Waals surface area contributed by atoms with E-state index in [1.165, 1.54) is 4.90 Å². The minimum Gasteiger partial charge on any atom is -0.507 e. The molecule has 3 aromatic carbocycles. The first-order valence-electron chi connectivity index (χ1n) is 12.1. The van der Waals surface area contributed by atoms with E-state index in [2.05, 4.69) is 20.8 Å². The second kappa shape index (κ2) is 9.30. The van der Waals surface area contributed by atoms with E-state index in [0.717, 1.165) is 22.3 Å². The molecule has 5 nitrogen and oxygen atoms in total. The normalized spacial score (nSPS) is 17.5. The average molecular weight is 484 g/mol. The van der Waals surface area contributed by atoms with Crippen LogP contribution in [0.15, 0.2) is 66.2 Å². The second-order valence-electron chi connectivity index (χ2n) is 10.5. The number of carbonyl (C=O) groups excluding carboxylic acids is 2. The average Bonchev–Trinajstić information content (AvgIpc) is 3.10. The molecule has 4 rings (SSSR count). The van der Waals surface area contributed by atoms with Gasteiger partial charge in [0.25, 0.3) is 11.7 Å². The van der Waals surface area contributed by atoms with Crippen LogP contribution in [0.5, 0.6) is 5.75 Å². The van der Waals surface area contributed by atoms with E-state index in [9.17, 15) is 14.7 Å². The lowest BCUT2D eigenvalue weighted by atomic mass is 9.84. The van der Waals surface area contributed by atoms with Gasteiger partial charge in [-0.25, -0.2) is 0 Å². The number of aryl methyl sites for hydroxylation is 3. The third kappa shape index (κ3) is 4.41. The second-order valence-corrected chi connectivity index (χ2v) is 10.5. The van der Waals surface area contributed by atoms with Gasteiger partial charge in [0.2, 0.25) is 0 Å². The molecule has 1 amide bonds. The summed E-state index contributed by atoms with van der Waals surface area (Å²) in [6, 6.07) is 18.2. The molecule has 36 heavy (non-hydrogen) atoms. The zero-order chi connectivity index (χ0) is 26.4. The minimum atomic E-state index is -0.783. The van der Waals surface area contributed by atoms with Crippen LogP contribution in [0.25, 0.3) is 5.76 Å². The topological polar surface area (TPSA) is 66.8 Å². The Hall–Kier alpha value is -3.86. The highest BCUT2D eigenvalue weighted by Crippen LogP contribution is 2.44. The molecule has 0 bridgehead atoms. The molecule has 1 N–H and O–H groups in total. The van der Waals surface area contributed by atoms with E-state index in [-0.39, 0.29) is 16.7 Å². The largest absolute Gasteiger partial charge is 0.507 e. The molecule has 0 aliphatic carbocycles. The van der Waals surface area contributed by atoms with Crippen LogP contribution in [0.3, 0.4) is 0 Å². The van der Waals surface area contributed by atoms with Gasteiger partial charge in [0.05, 0.1) is 18.7 Å². The van der Waals surface area contributed by atoms with Gasteiger partial charge in [0.15, 0.2) is 0 Å². The summed E-state index contributed by atoms with van der Waals surface area (Å²) in [5.41, 5.74) is 5.54. The van der Waals surface area contributed by atoms with Crippen molar-refractivity contribution in [2.45, 2.75) is 53.0 Å². The number of anilines is 1. The first kappa shape index (κ1) is 25.2. The number of rotatable bonds is 4. The summed E-state index contributed by atoms with van der Waals surface area (Å²) >= 11 is 0. The van der Waals surface area contributed by atoms with E-state index in [1.54, 1.807) is 19.2 Å². The van der Waals surface area contributed by atoms with Crippen LogP contribution in [0.1, 0.15) is 60.2 Å². The summed E-state index contributed by atoms with van der Waals surface area (Å²) in [6.07, 6.45) is 0. The Bertz CT molecular complexity index is 1380. The molecular formula is C31H33NO4. The Kier molecular flexibility index (Phi) is 6.52. The van der Waals surface area contributed by atoms with Crippen molar-refractivity contribution >= 4 is 23.1 Å². The Balaban J connectivity index is 2.00. The van der Waals surface area contributed by atoms with Crippen molar-refractivity contribution in [2.24, 2.45) is 0 Å². The van der Waals surface area contributed by atoms with Crippen molar-refractivity contribution in [1.82, 2.24) is 0 Å². The molecule has 1 fully saturated rings. The summed E-state index contributed by atoms with van der Waals surface area (Å²) in [7, 11) is 1.59. The van der Waals surface area contributed by atoms with Crippen LogP contribution >= 0.6 is 0 Å². The van der Waals surface area contributed by atoms with Crippen LogP contribution in [0.4, 0.5) is 5.69 Å². The fraction of sp³-hybridized carbons (Fsp3) is 0.290. The maximum absolute atomic E-state index is 13.6. The van der Waals surface area contributed by atoms with Crippen molar-refractivity contribution in [3.05, 3.63) is 99.6 Å². The monoisotopic (exact) mass is 483 g/mol. The van der Waals surface area contributed by atoms with Crippen molar-refractivity contribution < 1.29 is 19.4 Å². The fourth-order valence-electron chi connectivity index (χ4n) is 4.65. The number of methoxy groups -OCH3 is 1. The fourth-order valence-corrected chi connectivity index (χ4v) is 4.65. The van der Waals surface area contributed by atoms with Crippen LogP contribution < -0.4 is 9.64 Å². The quantitative estimate of drug-likeness (QED) is 0.260. The van der Waals surface area contributed by atoms with Crippen LogP contribution in [-0.2, 0) is 15.0 Å².